The molecule has 0 aliphatic heterocycles. The Morgan fingerprint density at radius 1 is 1.36 bits per heavy atom. The first-order valence-corrected chi connectivity index (χ1v) is 7.63. The molecule has 0 unspecified atom stereocenters. The molecule has 0 atom stereocenters. The minimum atomic E-state index is -0.433. The van der Waals surface area contributed by atoms with Gasteiger partial charge in [0.25, 0.3) is 5.56 Å². The molecule has 2 heterocycles. The number of nitrogens with one attached hydrogen (secondary N) is 1. The topological polar surface area (TPSA) is 87.4 Å². The fourth-order valence-electron chi connectivity index (χ4n) is 2.15. The number of H-pyrrole nitrogens is 1. The predicted molar refractivity (Wildman–Crippen MR) is 83.9 cm³/mol. The van der Waals surface area contributed by atoms with Crippen LogP contribution in [0, 0.1) is 11.3 Å². The Hall–Kier alpha value is -2.85. The van der Waals surface area contributed by atoms with Crippen LogP contribution >= 0.6 is 11.8 Å². The van der Waals surface area contributed by atoms with Gasteiger partial charge in [-0.25, -0.2) is 9.97 Å². The van der Waals surface area contributed by atoms with Crippen LogP contribution in [0.1, 0.15) is 5.56 Å². The molecule has 0 fully saturated rings. The van der Waals surface area contributed by atoms with Crippen molar-refractivity contribution in [3.63, 3.8) is 0 Å². The van der Waals surface area contributed by atoms with Crippen molar-refractivity contribution in [3.05, 3.63) is 58.9 Å². The Bertz CT molecular complexity index is 908. The first-order valence-electron chi connectivity index (χ1n) is 6.40. The minimum absolute atomic E-state index is 0.00497. The highest BCUT2D eigenvalue weighted by molar-refractivity contribution is 7.98. The molecule has 108 valence electrons. The molecule has 0 aliphatic carbocycles. The summed E-state index contributed by atoms with van der Waals surface area (Å²) in [6, 6.07) is 9.40. The number of aromatic amines is 1. The third-order valence-corrected chi connectivity index (χ3v) is 3.72. The van der Waals surface area contributed by atoms with Crippen molar-refractivity contribution in [2.45, 2.75) is 5.16 Å². The van der Waals surface area contributed by atoms with Crippen molar-refractivity contribution in [1.82, 2.24) is 19.5 Å². The van der Waals surface area contributed by atoms with E-state index in [1.165, 1.54) is 11.8 Å². The Labute approximate surface area is 130 Å². The highest BCUT2D eigenvalue weighted by atomic mass is 32.2. The molecule has 0 radical (unpaired) electrons. The summed E-state index contributed by atoms with van der Waals surface area (Å²) in [5, 5.41) is 9.78. The molecule has 0 spiro atoms. The van der Waals surface area contributed by atoms with E-state index in [0.29, 0.717) is 16.4 Å². The Morgan fingerprint density at radius 2 is 2.18 bits per heavy atom. The van der Waals surface area contributed by atoms with Gasteiger partial charge in [-0.15, -0.1) is 0 Å². The molecule has 0 saturated carbocycles. The number of hydrogen-bond donors (Lipinski definition) is 1. The zero-order valence-electron chi connectivity index (χ0n) is 11.6. The summed E-state index contributed by atoms with van der Waals surface area (Å²) in [7, 11) is 0. The second kappa shape index (κ2) is 5.87. The van der Waals surface area contributed by atoms with Gasteiger partial charge in [0.05, 0.1) is 17.7 Å². The highest BCUT2D eigenvalue weighted by Crippen LogP contribution is 2.27. The molecule has 0 aliphatic rings. The standard InChI is InChI=1S/C15H11N5OS/c1-22-15-18-13(11(8-16)14(21)19-15)10-4-2-3-5-12(10)20-7-6-17-9-20/h2-7,9H,1H3,(H,18,19,21). The van der Waals surface area contributed by atoms with Gasteiger partial charge in [-0.2, -0.15) is 5.26 Å². The Morgan fingerprint density at radius 3 is 2.86 bits per heavy atom. The van der Waals surface area contributed by atoms with Crippen molar-refractivity contribution in [2.24, 2.45) is 0 Å². The van der Waals surface area contributed by atoms with Crippen LogP contribution in [-0.2, 0) is 0 Å². The van der Waals surface area contributed by atoms with E-state index in [-0.39, 0.29) is 5.56 Å². The number of para-hydroxylation sites is 1. The van der Waals surface area contributed by atoms with Gasteiger partial charge in [-0.3, -0.25) is 4.79 Å². The number of rotatable bonds is 3. The maximum atomic E-state index is 12.1. The highest BCUT2D eigenvalue weighted by Gasteiger charge is 2.16. The Kier molecular flexibility index (Phi) is 3.76. The van der Waals surface area contributed by atoms with Gasteiger partial charge in [-0.05, 0) is 12.3 Å². The lowest BCUT2D eigenvalue weighted by Crippen LogP contribution is -2.15. The first-order chi connectivity index (χ1) is 10.7. The first kappa shape index (κ1) is 14.1. The van der Waals surface area contributed by atoms with E-state index in [4.69, 9.17) is 0 Å². The number of thioether (sulfide) groups is 1. The summed E-state index contributed by atoms with van der Waals surface area (Å²) in [6.07, 6.45) is 6.94. The molecule has 6 nitrogen and oxygen atoms in total. The van der Waals surface area contributed by atoms with Crippen molar-refractivity contribution in [3.8, 4) is 23.0 Å². The lowest BCUT2D eigenvalue weighted by molar-refractivity contribution is 0.934. The molecule has 3 rings (SSSR count). The summed E-state index contributed by atoms with van der Waals surface area (Å²) in [5.74, 6) is 0. The monoisotopic (exact) mass is 309 g/mol. The van der Waals surface area contributed by atoms with Crippen LogP contribution in [0.3, 0.4) is 0 Å². The summed E-state index contributed by atoms with van der Waals surface area (Å²) < 4.78 is 1.82. The van der Waals surface area contributed by atoms with Crippen LogP contribution < -0.4 is 5.56 Å². The van der Waals surface area contributed by atoms with Crippen molar-refractivity contribution in [1.29, 1.82) is 5.26 Å². The molecule has 1 N–H and O–H groups in total. The summed E-state index contributed by atoms with van der Waals surface area (Å²) in [5.41, 5.74) is 1.46. The third-order valence-electron chi connectivity index (χ3n) is 3.14. The fourth-order valence-corrected chi connectivity index (χ4v) is 2.53. The molecular formula is C15H11N5OS. The van der Waals surface area contributed by atoms with Gasteiger partial charge < -0.3 is 9.55 Å². The number of nitriles is 1. The lowest BCUT2D eigenvalue weighted by Gasteiger charge is -2.11. The van der Waals surface area contributed by atoms with Crippen LogP contribution in [0.2, 0.25) is 0 Å². The van der Waals surface area contributed by atoms with Gasteiger partial charge in [0.2, 0.25) is 0 Å². The normalized spacial score (nSPS) is 10.4. The molecule has 0 bridgehead atoms. The number of nitrogens with zero attached hydrogens (tertiary/aromatic N) is 4. The average molecular weight is 309 g/mol. The predicted octanol–water partition coefficient (Wildman–Crippen LogP) is 2.22. The molecular weight excluding hydrogens is 298 g/mol. The van der Waals surface area contributed by atoms with Crippen molar-refractivity contribution >= 4 is 11.8 Å². The van der Waals surface area contributed by atoms with E-state index in [0.717, 1.165) is 5.69 Å². The van der Waals surface area contributed by atoms with E-state index >= 15 is 0 Å². The van der Waals surface area contributed by atoms with Crippen LogP contribution in [0.25, 0.3) is 16.9 Å². The summed E-state index contributed by atoms with van der Waals surface area (Å²) >= 11 is 1.32. The lowest BCUT2D eigenvalue weighted by atomic mass is 10.1. The van der Waals surface area contributed by atoms with Crippen LogP contribution in [0.5, 0.6) is 0 Å². The van der Waals surface area contributed by atoms with E-state index in [9.17, 15) is 10.1 Å². The smallest absolute Gasteiger partial charge is 0.270 e. The largest absolute Gasteiger partial charge is 0.306 e. The summed E-state index contributed by atoms with van der Waals surface area (Å²) in [4.78, 5) is 23.1. The van der Waals surface area contributed by atoms with E-state index in [1.54, 1.807) is 18.7 Å². The molecule has 3 aromatic rings. The number of imidazole rings is 1. The zero-order valence-corrected chi connectivity index (χ0v) is 12.5. The number of benzene rings is 1. The molecule has 0 amide bonds. The van der Waals surface area contributed by atoms with Crippen molar-refractivity contribution in [2.75, 3.05) is 6.26 Å². The average Bonchev–Trinajstić information content (AvgIpc) is 3.08. The molecule has 22 heavy (non-hydrogen) atoms. The zero-order chi connectivity index (χ0) is 15.5. The maximum Gasteiger partial charge on any atom is 0.270 e. The van der Waals surface area contributed by atoms with E-state index < -0.39 is 5.56 Å². The number of hydrogen-bond acceptors (Lipinski definition) is 5. The van der Waals surface area contributed by atoms with Crippen molar-refractivity contribution < 1.29 is 0 Å². The van der Waals surface area contributed by atoms with Gasteiger partial charge in [0.15, 0.2) is 5.16 Å². The maximum absolute atomic E-state index is 12.1. The van der Waals surface area contributed by atoms with Crippen LogP contribution in [0.4, 0.5) is 0 Å². The number of aromatic nitrogens is 4. The van der Waals surface area contributed by atoms with Crippen LogP contribution in [0.15, 0.2) is 52.9 Å². The Balaban J connectivity index is 2.32. The van der Waals surface area contributed by atoms with E-state index in [2.05, 4.69) is 15.0 Å². The molecule has 0 saturated heterocycles. The van der Waals surface area contributed by atoms with E-state index in [1.807, 2.05) is 41.2 Å². The SMILES string of the molecule is CSc1nc(-c2ccccc2-n2ccnc2)c(C#N)c(=O)[nH]1. The van der Waals surface area contributed by atoms with Gasteiger partial charge in [-0.1, -0.05) is 30.0 Å². The van der Waals surface area contributed by atoms with Gasteiger partial charge in [0, 0.05) is 18.0 Å². The fraction of sp³-hybridized carbons (Fsp3) is 0.0667. The molecule has 1 aromatic carbocycles. The summed E-state index contributed by atoms with van der Waals surface area (Å²) in [6.45, 7) is 0. The van der Waals surface area contributed by atoms with Crippen LogP contribution in [-0.4, -0.2) is 25.8 Å². The quantitative estimate of drug-likeness (QED) is 0.592. The molecule has 2 aromatic heterocycles. The van der Waals surface area contributed by atoms with Gasteiger partial charge >= 0.3 is 0 Å². The third kappa shape index (κ3) is 2.40. The second-order valence-electron chi connectivity index (χ2n) is 4.40. The minimum Gasteiger partial charge on any atom is -0.306 e. The second-order valence-corrected chi connectivity index (χ2v) is 5.19. The van der Waals surface area contributed by atoms with Gasteiger partial charge in [0.1, 0.15) is 11.6 Å². The molecule has 7 heteroatoms.